The van der Waals surface area contributed by atoms with Crippen LogP contribution in [0.3, 0.4) is 0 Å². The van der Waals surface area contributed by atoms with Crippen LogP contribution in [0.5, 0.6) is 11.5 Å². The Morgan fingerprint density at radius 1 is 1.13 bits per heavy atom. The van der Waals surface area contributed by atoms with E-state index in [1.54, 1.807) is 45.9 Å². The first-order chi connectivity index (χ1) is 29.0. The van der Waals surface area contributed by atoms with E-state index in [0.717, 1.165) is 4.90 Å². The first kappa shape index (κ1) is 45.1. The van der Waals surface area contributed by atoms with Gasteiger partial charge < -0.3 is 39.9 Å². The summed E-state index contributed by atoms with van der Waals surface area (Å²) in [5.41, 5.74) is -5.30. The first-order valence-electron chi connectivity index (χ1n) is 21.1. The Morgan fingerprint density at radius 2 is 1.84 bits per heavy atom. The molecular weight excluding hydrogens is 831 g/mol. The number of ether oxygens (including phenoxy) is 4. The molecule has 4 heterocycles. The molecule has 4 atom stereocenters. The molecule has 0 bridgehead atoms. The van der Waals surface area contributed by atoms with Gasteiger partial charge in [0.15, 0.2) is 11.3 Å². The minimum Gasteiger partial charge on any atom is -0.497 e. The Morgan fingerprint density at radius 3 is 2.50 bits per heavy atom. The van der Waals surface area contributed by atoms with Crippen LogP contribution in [-0.4, -0.2) is 109 Å². The second-order valence-electron chi connectivity index (χ2n) is 18.5. The Hall–Kier alpha value is -4.91. The van der Waals surface area contributed by atoms with Crippen molar-refractivity contribution in [2.75, 3.05) is 27.4 Å². The molecule has 7 rings (SSSR count). The fourth-order valence-corrected chi connectivity index (χ4v) is 10.2. The molecule has 1 saturated heterocycles. The third kappa shape index (κ3) is 8.21. The maximum atomic E-state index is 17.1. The number of fused-ring (bicyclic) bond motifs is 5. The molecule has 3 aliphatic heterocycles. The summed E-state index contributed by atoms with van der Waals surface area (Å²) < 4.78 is 84.6. The predicted octanol–water partition coefficient (Wildman–Crippen LogP) is 5.27. The van der Waals surface area contributed by atoms with Crippen LogP contribution in [-0.2, 0) is 39.8 Å². The largest absolute Gasteiger partial charge is 0.497 e. The van der Waals surface area contributed by atoms with Crippen LogP contribution in [0.4, 0.5) is 13.6 Å². The number of alkyl halides is 2. The van der Waals surface area contributed by atoms with Crippen LogP contribution in [0, 0.1) is 5.41 Å². The van der Waals surface area contributed by atoms with Crippen molar-refractivity contribution in [2.24, 2.45) is 0 Å². The van der Waals surface area contributed by atoms with Gasteiger partial charge in [0.1, 0.15) is 29.0 Å². The lowest BCUT2D eigenvalue weighted by Gasteiger charge is -2.41. The van der Waals surface area contributed by atoms with Crippen LogP contribution in [0.25, 0.3) is 10.9 Å². The van der Waals surface area contributed by atoms with Crippen LogP contribution in [0.2, 0.25) is 0 Å². The number of hydrogen-bond acceptors (Lipinski definition) is 12. The molecule has 338 valence electrons. The number of allylic oxidation sites excluding steroid dienone is 1. The van der Waals surface area contributed by atoms with Gasteiger partial charge in [0.05, 0.1) is 53.9 Å². The van der Waals surface area contributed by atoms with Crippen molar-refractivity contribution in [2.45, 2.75) is 144 Å². The van der Waals surface area contributed by atoms with Gasteiger partial charge in [0, 0.05) is 24.5 Å². The summed E-state index contributed by atoms with van der Waals surface area (Å²) >= 11 is 0. The molecule has 4 amide bonds. The zero-order valence-corrected chi connectivity index (χ0v) is 37.0. The van der Waals surface area contributed by atoms with E-state index in [4.69, 9.17) is 29.3 Å². The maximum absolute atomic E-state index is 17.1. The number of hydrogen-bond donors (Lipinski definition) is 4. The van der Waals surface area contributed by atoms with E-state index in [1.165, 1.54) is 27.2 Å². The third-order valence-electron chi connectivity index (χ3n) is 12.6. The quantitative estimate of drug-likeness (QED) is 0.255. The highest BCUT2D eigenvalue weighted by molar-refractivity contribution is 7.91. The van der Waals surface area contributed by atoms with Crippen LogP contribution >= 0.6 is 0 Å². The van der Waals surface area contributed by atoms with E-state index in [2.05, 4.69) is 15.4 Å². The number of benzene rings is 1. The molecule has 3 fully saturated rings. The van der Waals surface area contributed by atoms with Crippen molar-refractivity contribution < 1.29 is 55.3 Å². The molecule has 2 aliphatic carbocycles. The summed E-state index contributed by atoms with van der Waals surface area (Å²) in [6, 6.07) is 1.79. The van der Waals surface area contributed by atoms with Gasteiger partial charge in [-0.05, 0) is 77.0 Å². The molecule has 19 heteroatoms. The SMILES string of the molecule is COCC(C)(C)OC(=O)NC1CCCCCCC=C2C(=N)C2(C(=O)NS(=O)(=O)C2(C)CC2)NC(=O)C2CC3(CN2C1=O)CC(F)(F)c1c(c(C(C)C)nc2ccc(OC)cc12)O3. The molecule has 1 aromatic heterocycles. The normalized spacial score (nSPS) is 27.1. The molecule has 1 aromatic carbocycles. The number of nitrogens with zero attached hydrogens (tertiary/aromatic N) is 2. The maximum Gasteiger partial charge on any atom is 0.408 e. The van der Waals surface area contributed by atoms with Gasteiger partial charge in [-0.15, -0.1) is 0 Å². The number of alkyl carbamates (subject to hydrolysis) is 1. The molecule has 2 aromatic rings. The van der Waals surface area contributed by atoms with Crippen LogP contribution in [0.15, 0.2) is 29.8 Å². The molecule has 0 radical (unpaired) electrons. The fourth-order valence-electron chi connectivity index (χ4n) is 8.95. The number of carbonyl (C=O) groups is 4. The Balaban J connectivity index is 1.31. The summed E-state index contributed by atoms with van der Waals surface area (Å²) in [6.45, 7) is 7.80. The number of pyridine rings is 1. The number of carbonyl (C=O) groups excluding carboxylic acids is 4. The first-order valence-corrected chi connectivity index (χ1v) is 22.6. The summed E-state index contributed by atoms with van der Waals surface area (Å²) in [4.78, 5) is 63.0. The van der Waals surface area contributed by atoms with Gasteiger partial charge in [0.2, 0.25) is 21.8 Å². The minimum atomic E-state index is -4.23. The molecule has 1 spiro atoms. The van der Waals surface area contributed by atoms with Crippen molar-refractivity contribution in [1.82, 2.24) is 25.2 Å². The molecule has 5 aliphatic rings. The average Bonchev–Trinajstić information content (AvgIpc) is 4.02. The molecular formula is C43H56F2N6O10S. The fraction of sp³-hybridized carbons (Fsp3) is 0.628. The summed E-state index contributed by atoms with van der Waals surface area (Å²) in [7, 11) is -1.37. The molecule has 2 saturated carbocycles. The van der Waals surface area contributed by atoms with Gasteiger partial charge >= 0.3 is 6.09 Å². The number of methoxy groups -OCH3 is 2. The van der Waals surface area contributed by atoms with Gasteiger partial charge in [0.25, 0.3) is 11.8 Å². The smallest absolute Gasteiger partial charge is 0.408 e. The second kappa shape index (κ2) is 16.0. The predicted molar refractivity (Wildman–Crippen MR) is 223 cm³/mol. The molecule has 16 nitrogen and oxygen atoms in total. The average molecular weight is 887 g/mol. The molecule has 4 unspecified atom stereocenters. The van der Waals surface area contributed by atoms with Gasteiger partial charge in [-0.25, -0.2) is 31.7 Å². The molecule has 4 N–H and O–H groups in total. The Labute approximate surface area is 359 Å². The van der Waals surface area contributed by atoms with Crippen LogP contribution < -0.4 is 24.8 Å². The highest BCUT2D eigenvalue weighted by Gasteiger charge is 2.67. The topological polar surface area (TPSA) is 215 Å². The number of aromatic nitrogens is 1. The van der Waals surface area contributed by atoms with E-state index in [-0.39, 0.29) is 41.1 Å². The number of halogens is 2. The summed E-state index contributed by atoms with van der Waals surface area (Å²) in [6.07, 6.45) is 2.67. The van der Waals surface area contributed by atoms with Crippen molar-refractivity contribution >= 4 is 50.5 Å². The van der Waals surface area contributed by atoms with Crippen molar-refractivity contribution in [1.29, 1.82) is 5.41 Å². The summed E-state index contributed by atoms with van der Waals surface area (Å²) in [5, 5.41) is 14.2. The van der Waals surface area contributed by atoms with E-state index >= 15 is 8.78 Å². The van der Waals surface area contributed by atoms with E-state index < -0.39 is 104 Å². The lowest BCUT2D eigenvalue weighted by molar-refractivity contribution is -0.141. The van der Waals surface area contributed by atoms with Crippen molar-refractivity contribution in [3.8, 4) is 11.5 Å². The number of rotatable bonds is 9. The van der Waals surface area contributed by atoms with Crippen molar-refractivity contribution in [3.63, 3.8) is 0 Å². The lowest BCUT2D eigenvalue weighted by Crippen LogP contribution is -2.59. The summed E-state index contributed by atoms with van der Waals surface area (Å²) in [5.74, 6) is -6.81. The molecule has 62 heavy (non-hydrogen) atoms. The van der Waals surface area contributed by atoms with Crippen LogP contribution in [0.1, 0.15) is 116 Å². The highest BCUT2D eigenvalue weighted by Crippen LogP contribution is 2.55. The lowest BCUT2D eigenvalue weighted by atomic mass is 9.83. The standard InChI is InChI=1S/C43H56F2N6O10S/c1-24(2)32-33-31(26-19-25(59-7)15-16-28(26)47-32)42(44,45)21-41(60-33)20-30-35(52)49-43(37(54)50-62(56,57)40(5)17-18-40)27(34(43)46)13-11-9-8-10-12-14-29(36(53)51(30)22-41)48-38(55)61-39(3,4)23-58-6/h13,15-16,19,24,29-30,46H,8-12,14,17-18,20-23H2,1-7H3,(H,48,55)(H,49,52)(H,50,54). The third-order valence-corrected chi connectivity index (χ3v) is 14.8. The monoisotopic (exact) mass is 886 g/mol. The van der Waals surface area contributed by atoms with Gasteiger partial charge in [-0.1, -0.05) is 39.2 Å². The Kier molecular flexibility index (Phi) is 11.7. The van der Waals surface area contributed by atoms with Gasteiger partial charge in [-0.2, -0.15) is 0 Å². The zero-order valence-electron chi connectivity index (χ0n) is 36.2. The zero-order chi connectivity index (χ0) is 45.2. The van der Waals surface area contributed by atoms with E-state index in [1.807, 2.05) is 0 Å². The Bertz CT molecular complexity index is 2350. The number of sulfonamides is 1. The highest BCUT2D eigenvalue weighted by atomic mass is 32.2. The van der Waals surface area contributed by atoms with E-state index in [0.29, 0.717) is 56.2 Å². The van der Waals surface area contributed by atoms with E-state index in [9.17, 15) is 27.6 Å². The number of amides is 4. The second-order valence-corrected chi connectivity index (χ2v) is 20.7. The minimum absolute atomic E-state index is 0.0408. The van der Waals surface area contributed by atoms with Gasteiger partial charge in [-0.3, -0.25) is 14.4 Å². The van der Waals surface area contributed by atoms with Crippen molar-refractivity contribution in [3.05, 3.63) is 41.1 Å². The number of nitrogens with one attached hydrogen (secondary N) is 4.